The molecule has 1 aromatic carbocycles. The number of nitrogens with one attached hydrogen (secondary N) is 1. The van der Waals surface area contributed by atoms with E-state index in [0.29, 0.717) is 5.75 Å². The molecule has 0 aromatic heterocycles. The number of carboxylic acid groups (broad SMARTS) is 1. The minimum Gasteiger partial charge on any atom is -0.497 e. The van der Waals surface area contributed by atoms with Gasteiger partial charge in [-0.15, -0.1) is 0 Å². The van der Waals surface area contributed by atoms with Gasteiger partial charge in [-0.3, -0.25) is 9.59 Å². The zero-order valence-corrected chi connectivity index (χ0v) is 11.2. The normalized spacial score (nSPS) is 11.5. The summed E-state index contributed by atoms with van der Waals surface area (Å²) in [7, 11) is 1.44. The number of ketones is 1. The molecule has 0 saturated heterocycles. The number of hydrogen-bond donors (Lipinski definition) is 3. The summed E-state index contributed by atoms with van der Waals surface area (Å²) < 4.78 is 4.98. The Morgan fingerprint density at radius 3 is 2.55 bits per heavy atom. The molecule has 1 amide bonds. The van der Waals surface area contributed by atoms with Crippen LogP contribution in [0.25, 0.3) is 0 Å². The molecule has 20 heavy (non-hydrogen) atoms. The zero-order valence-electron chi connectivity index (χ0n) is 11.2. The molecule has 0 radical (unpaired) electrons. The standard InChI is InChI=1S/C13H16N2O5/c1-7(16)15-11(13(18)19)6-12(17)9-5-8(20-2)3-4-10(9)14/h3-5,11H,6,14H2,1-2H3,(H,15,16)(H,18,19)/t11-/m1/s1. The summed E-state index contributed by atoms with van der Waals surface area (Å²) in [4.78, 5) is 34.0. The minimum absolute atomic E-state index is 0.168. The highest BCUT2D eigenvalue weighted by molar-refractivity contribution is 6.03. The lowest BCUT2D eigenvalue weighted by molar-refractivity contribution is -0.141. The van der Waals surface area contributed by atoms with Crippen LogP contribution in [-0.4, -0.2) is 35.9 Å². The molecule has 1 aromatic rings. The van der Waals surface area contributed by atoms with Crippen LogP contribution in [0.1, 0.15) is 23.7 Å². The Kier molecular flexibility index (Phi) is 5.08. The van der Waals surface area contributed by atoms with Crippen LogP contribution in [0.5, 0.6) is 5.75 Å². The second kappa shape index (κ2) is 6.55. The molecule has 0 fully saturated rings. The first kappa shape index (κ1) is 15.5. The van der Waals surface area contributed by atoms with Crippen LogP contribution in [0, 0.1) is 0 Å². The van der Waals surface area contributed by atoms with Crippen LogP contribution in [0.15, 0.2) is 18.2 Å². The molecule has 108 valence electrons. The van der Waals surface area contributed by atoms with Crippen LogP contribution in [-0.2, 0) is 9.59 Å². The van der Waals surface area contributed by atoms with Gasteiger partial charge in [0.25, 0.3) is 0 Å². The monoisotopic (exact) mass is 280 g/mol. The fraction of sp³-hybridized carbons (Fsp3) is 0.308. The van der Waals surface area contributed by atoms with Crippen molar-refractivity contribution in [3.8, 4) is 5.75 Å². The molecule has 0 aliphatic carbocycles. The largest absolute Gasteiger partial charge is 0.497 e. The molecule has 0 saturated carbocycles. The number of nitrogens with two attached hydrogens (primary N) is 1. The Balaban J connectivity index is 2.94. The van der Waals surface area contributed by atoms with Crippen molar-refractivity contribution in [2.24, 2.45) is 0 Å². The van der Waals surface area contributed by atoms with Crippen LogP contribution in [0.2, 0.25) is 0 Å². The zero-order chi connectivity index (χ0) is 15.3. The van der Waals surface area contributed by atoms with Gasteiger partial charge >= 0.3 is 5.97 Å². The summed E-state index contributed by atoms with van der Waals surface area (Å²) >= 11 is 0. The first-order valence-electron chi connectivity index (χ1n) is 5.81. The maximum atomic E-state index is 12.1. The van der Waals surface area contributed by atoms with Crippen molar-refractivity contribution >= 4 is 23.3 Å². The lowest BCUT2D eigenvalue weighted by atomic mass is 10.0. The second-order valence-electron chi connectivity index (χ2n) is 4.17. The van der Waals surface area contributed by atoms with Gasteiger partial charge in [-0.1, -0.05) is 0 Å². The highest BCUT2D eigenvalue weighted by Gasteiger charge is 2.24. The van der Waals surface area contributed by atoms with Crippen molar-refractivity contribution in [2.45, 2.75) is 19.4 Å². The van der Waals surface area contributed by atoms with Crippen LogP contribution >= 0.6 is 0 Å². The molecule has 0 spiro atoms. The third-order valence-electron chi connectivity index (χ3n) is 2.63. The smallest absolute Gasteiger partial charge is 0.326 e. The van der Waals surface area contributed by atoms with Crippen molar-refractivity contribution in [1.82, 2.24) is 5.32 Å². The number of amides is 1. The summed E-state index contributed by atoms with van der Waals surface area (Å²) in [5, 5.41) is 11.2. The number of carbonyl (C=O) groups is 3. The highest BCUT2D eigenvalue weighted by atomic mass is 16.5. The van der Waals surface area contributed by atoms with Gasteiger partial charge in [0, 0.05) is 24.6 Å². The summed E-state index contributed by atoms with van der Waals surface area (Å²) in [6.45, 7) is 1.18. The SMILES string of the molecule is COc1ccc(N)c(C(=O)C[C@@H](NC(C)=O)C(=O)O)c1. The van der Waals surface area contributed by atoms with Crippen molar-refractivity contribution in [3.63, 3.8) is 0 Å². The Labute approximate surface area is 115 Å². The number of rotatable bonds is 6. The lowest BCUT2D eigenvalue weighted by Gasteiger charge is -2.13. The third kappa shape index (κ3) is 3.98. The predicted molar refractivity (Wildman–Crippen MR) is 71.6 cm³/mol. The molecule has 0 unspecified atom stereocenters. The molecule has 7 heteroatoms. The maximum absolute atomic E-state index is 12.1. The molecule has 1 rings (SSSR count). The number of ether oxygens (including phenoxy) is 1. The summed E-state index contributed by atoms with van der Waals surface area (Å²) in [5.74, 6) is -1.85. The van der Waals surface area contributed by atoms with E-state index in [1.807, 2.05) is 0 Å². The maximum Gasteiger partial charge on any atom is 0.326 e. The first-order valence-corrected chi connectivity index (χ1v) is 5.81. The molecular formula is C13H16N2O5. The van der Waals surface area contributed by atoms with E-state index in [0.717, 1.165) is 0 Å². The van der Waals surface area contributed by atoms with E-state index in [9.17, 15) is 14.4 Å². The van der Waals surface area contributed by atoms with Gasteiger partial charge in [0.05, 0.1) is 7.11 Å². The van der Waals surface area contributed by atoms with Crippen molar-refractivity contribution in [1.29, 1.82) is 0 Å². The Morgan fingerprint density at radius 1 is 1.40 bits per heavy atom. The highest BCUT2D eigenvalue weighted by Crippen LogP contribution is 2.21. The molecule has 0 aliphatic rings. The number of methoxy groups -OCH3 is 1. The summed E-state index contributed by atoms with van der Waals surface area (Å²) in [6, 6.07) is 3.24. The van der Waals surface area contributed by atoms with Gasteiger partial charge in [-0.25, -0.2) is 4.79 Å². The van der Waals surface area contributed by atoms with E-state index >= 15 is 0 Å². The summed E-state index contributed by atoms with van der Waals surface area (Å²) in [5.41, 5.74) is 6.08. The molecule has 0 heterocycles. The first-order chi connectivity index (χ1) is 9.35. The molecule has 7 nitrogen and oxygen atoms in total. The quantitative estimate of drug-likeness (QED) is 0.514. The van der Waals surface area contributed by atoms with Gasteiger partial charge in [-0.05, 0) is 18.2 Å². The predicted octanol–water partition coefficient (Wildman–Crippen LogP) is 0.439. The molecular weight excluding hydrogens is 264 g/mol. The van der Waals surface area contributed by atoms with Crippen LogP contribution in [0.4, 0.5) is 5.69 Å². The Morgan fingerprint density at radius 2 is 2.05 bits per heavy atom. The van der Waals surface area contributed by atoms with E-state index < -0.39 is 23.7 Å². The number of Topliss-reactive ketones (excluding diaryl/α,β-unsaturated/α-hetero) is 1. The fourth-order valence-corrected chi connectivity index (χ4v) is 1.64. The number of aliphatic carboxylic acids is 1. The van der Waals surface area contributed by atoms with E-state index in [2.05, 4.69) is 5.32 Å². The third-order valence-corrected chi connectivity index (χ3v) is 2.63. The molecule has 0 aliphatic heterocycles. The van der Waals surface area contributed by atoms with E-state index in [1.54, 1.807) is 6.07 Å². The average molecular weight is 280 g/mol. The van der Waals surface area contributed by atoms with Gasteiger partial charge < -0.3 is 20.9 Å². The molecule has 0 bridgehead atoms. The number of carbonyl (C=O) groups excluding carboxylic acids is 2. The number of benzene rings is 1. The lowest BCUT2D eigenvalue weighted by Crippen LogP contribution is -2.41. The topological polar surface area (TPSA) is 119 Å². The molecule has 4 N–H and O–H groups in total. The Hall–Kier alpha value is -2.57. The average Bonchev–Trinajstić information content (AvgIpc) is 2.37. The summed E-state index contributed by atoms with van der Waals surface area (Å²) in [6.07, 6.45) is -0.383. The number of anilines is 1. The minimum atomic E-state index is -1.29. The molecule has 1 atom stereocenters. The van der Waals surface area contributed by atoms with E-state index in [-0.39, 0.29) is 17.7 Å². The second-order valence-corrected chi connectivity index (χ2v) is 4.17. The number of nitrogen functional groups attached to an aromatic ring is 1. The van der Waals surface area contributed by atoms with Crippen LogP contribution in [0.3, 0.4) is 0 Å². The van der Waals surface area contributed by atoms with Crippen molar-refractivity contribution in [2.75, 3.05) is 12.8 Å². The van der Waals surface area contributed by atoms with Crippen LogP contribution < -0.4 is 15.8 Å². The van der Waals surface area contributed by atoms with Crippen molar-refractivity contribution in [3.05, 3.63) is 23.8 Å². The number of carboxylic acids is 1. The fourth-order valence-electron chi connectivity index (χ4n) is 1.64. The number of hydrogen-bond acceptors (Lipinski definition) is 5. The van der Waals surface area contributed by atoms with Gasteiger partial charge in [0.2, 0.25) is 5.91 Å². The van der Waals surface area contributed by atoms with E-state index in [4.69, 9.17) is 15.6 Å². The van der Waals surface area contributed by atoms with Gasteiger partial charge in [0.1, 0.15) is 11.8 Å². The van der Waals surface area contributed by atoms with E-state index in [1.165, 1.54) is 26.2 Å². The Bertz CT molecular complexity index is 542. The van der Waals surface area contributed by atoms with Gasteiger partial charge in [-0.2, -0.15) is 0 Å². The van der Waals surface area contributed by atoms with Gasteiger partial charge in [0.15, 0.2) is 5.78 Å². The van der Waals surface area contributed by atoms with Crippen molar-refractivity contribution < 1.29 is 24.2 Å².